The summed E-state index contributed by atoms with van der Waals surface area (Å²) in [6.45, 7) is 2.81. The van der Waals surface area contributed by atoms with Gasteiger partial charge in [0.2, 0.25) is 0 Å². The zero-order chi connectivity index (χ0) is 14.0. The van der Waals surface area contributed by atoms with Crippen molar-refractivity contribution in [2.75, 3.05) is 32.9 Å². The zero-order valence-electron chi connectivity index (χ0n) is 10.9. The van der Waals surface area contributed by atoms with Gasteiger partial charge in [-0.15, -0.1) is 24.8 Å². The highest BCUT2D eigenvalue weighted by Gasteiger charge is 2.27. The molecule has 0 spiro atoms. The summed E-state index contributed by atoms with van der Waals surface area (Å²) >= 11 is 10.1. The van der Waals surface area contributed by atoms with Crippen molar-refractivity contribution < 1.29 is 9.50 Å². The topological polar surface area (TPSA) is 35.5 Å². The Hall–Kier alpha value is 0.890. The van der Waals surface area contributed by atoms with E-state index >= 15 is 0 Å². The van der Waals surface area contributed by atoms with Crippen LogP contribution in [0, 0.1) is 0 Å². The van der Waals surface area contributed by atoms with Gasteiger partial charge in [-0.3, -0.25) is 4.90 Å². The molecule has 1 saturated heterocycles. The third kappa shape index (κ3) is 4.93. The number of rotatable bonds is 3. The number of hydrogen-bond donors (Lipinski definition) is 2. The number of phenolic OH excluding ortho intramolecular Hbond substituents is 1. The maximum absolute atomic E-state index is 13.5. The number of nitrogens with zero attached hydrogens (tertiary/aromatic N) is 1. The van der Waals surface area contributed by atoms with Crippen LogP contribution in [-0.2, 0) is 0 Å². The van der Waals surface area contributed by atoms with Crippen LogP contribution in [0.15, 0.2) is 19.5 Å². The molecule has 0 bridgehead atoms. The van der Waals surface area contributed by atoms with Gasteiger partial charge < -0.3 is 10.4 Å². The highest BCUT2D eigenvalue weighted by atomic mass is 79.9. The van der Waals surface area contributed by atoms with Gasteiger partial charge in [0.1, 0.15) is 12.4 Å². The summed E-state index contributed by atoms with van der Waals surface area (Å²) in [7, 11) is 0. The Morgan fingerprint density at radius 1 is 1.19 bits per heavy atom. The molecule has 1 heterocycles. The minimum absolute atomic E-state index is 0. The summed E-state index contributed by atoms with van der Waals surface area (Å²) in [4.78, 5) is 2.09. The molecule has 1 aromatic carbocycles. The Bertz CT molecular complexity index is 476. The fourth-order valence-corrected chi connectivity index (χ4v) is 4.90. The van der Waals surface area contributed by atoms with E-state index in [1.165, 1.54) is 0 Å². The molecule has 0 aromatic heterocycles. The van der Waals surface area contributed by atoms with Gasteiger partial charge in [0.25, 0.3) is 0 Å². The molecular formula is C12H16Br3Cl2FN2O. The molecule has 0 amide bonds. The normalized spacial score (nSPS) is 16.8. The Labute approximate surface area is 161 Å². The molecule has 2 rings (SSSR count). The van der Waals surface area contributed by atoms with Gasteiger partial charge in [-0.25, -0.2) is 4.39 Å². The van der Waals surface area contributed by atoms with Crippen LogP contribution in [0.25, 0.3) is 0 Å². The van der Waals surface area contributed by atoms with Gasteiger partial charge in [0, 0.05) is 36.2 Å². The fourth-order valence-electron chi connectivity index (χ4n) is 2.25. The number of hydrogen-bond acceptors (Lipinski definition) is 3. The molecule has 0 radical (unpaired) electrons. The highest BCUT2D eigenvalue weighted by Crippen LogP contribution is 2.43. The maximum Gasteiger partial charge on any atom is 0.144 e. The van der Waals surface area contributed by atoms with Crippen LogP contribution < -0.4 is 5.32 Å². The first-order valence-electron chi connectivity index (χ1n) is 5.93. The van der Waals surface area contributed by atoms with Crippen LogP contribution >= 0.6 is 72.6 Å². The first kappa shape index (κ1) is 21.9. The Morgan fingerprint density at radius 3 is 2.29 bits per heavy atom. The third-order valence-electron chi connectivity index (χ3n) is 3.25. The van der Waals surface area contributed by atoms with E-state index in [0.717, 1.165) is 36.2 Å². The van der Waals surface area contributed by atoms with Gasteiger partial charge in [-0.1, -0.05) is 15.9 Å². The van der Waals surface area contributed by atoms with Gasteiger partial charge in [0.05, 0.1) is 15.0 Å². The van der Waals surface area contributed by atoms with Crippen LogP contribution in [0.3, 0.4) is 0 Å². The molecule has 122 valence electrons. The van der Waals surface area contributed by atoms with Crippen molar-refractivity contribution in [2.45, 2.75) is 6.04 Å². The average molecular weight is 534 g/mol. The lowest BCUT2D eigenvalue weighted by atomic mass is 10.1. The lowest BCUT2D eigenvalue weighted by Crippen LogP contribution is -2.45. The molecule has 3 nitrogen and oxygen atoms in total. The van der Waals surface area contributed by atoms with Crippen molar-refractivity contribution in [1.29, 1.82) is 0 Å². The molecule has 0 saturated carbocycles. The van der Waals surface area contributed by atoms with Crippen molar-refractivity contribution in [2.24, 2.45) is 0 Å². The predicted octanol–water partition coefficient (Wildman–Crippen LogP) is 4.44. The van der Waals surface area contributed by atoms with Crippen LogP contribution in [0.5, 0.6) is 5.75 Å². The summed E-state index contributed by atoms with van der Waals surface area (Å²) < 4.78 is 15.4. The first-order valence-corrected chi connectivity index (χ1v) is 8.31. The van der Waals surface area contributed by atoms with Crippen molar-refractivity contribution in [3.63, 3.8) is 0 Å². The van der Waals surface area contributed by atoms with Crippen molar-refractivity contribution in [1.82, 2.24) is 10.2 Å². The molecule has 1 atom stereocenters. The Balaban J connectivity index is 0.00000200. The zero-order valence-corrected chi connectivity index (χ0v) is 17.3. The van der Waals surface area contributed by atoms with Crippen LogP contribution in [-0.4, -0.2) is 42.9 Å². The Kier molecular flexibility index (Phi) is 10.3. The molecule has 0 unspecified atom stereocenters. The van der Waals surface area contributed by atoms with Crippen LogP contribution in [0.4, 0.5) is 4.39 Å². The number of halogens is 6. The quantitative estimate of drug-likeness (QED) is 0.603. The molecule has 9 heteroatoms. The predicted molar refractivity (Wildman–Crippen MR) is 98.9 cm³/mol. The fraction of sp³-hybridized carbons (Fsp3) is 0.500. The largest absolute Gasteiger partial charge is 0.506 e. The average Bonchev–Trinajstić information content (AvgIpc) is 2.42. The SMILES string of the molecule is Cl.Cl.Oc1c(Br)cc(Br)c([C@@H](CF)N2CCNCC2)c1Br. The van der Waals surface area contributed by atoms with Crippen molar-refractivity contribution in [3.8, 4) is 5.75 Å². The van der Waals surface area contributed by atoms with E-state index in [2.05, 4.69) is 58.0 Å². The number of alkyl halides is 1. The molecule has 1 aliphatic heterocycles. The monoisotopic (exact) mass is 530 g/mol. The lowest BCUT2D eigenvalue weighted by Gasteiger charge is -2.34. The number of phenols is 1. The molecular weight excluding hydrogens is 518 g/mol. The van der Waals surface area contributed by atoms with E-state index in [1.807, 2.05) is 0 Å². The minimum atomic E-state index is -0.488. The van der Waals surface area contributed by atoms with Gasteiger partial charge >= 0.3 is 0 Å². The summed E-state index contributed by atoms with van der Waals surface area (Å²) in [5.74, 6) is 0.104. The standard InChI is InChI=1S/C12H14Br3FN2O.2ClH/c13-7-5-8(14)12(19)11(15)10(7)9(6-16)18-3-1-17-2-4-18;;/h5,9,17,19H,1-4,6H2;2*1H/t9-;;/m1../s1. The summed E-state index contributed by atoms with van der Waals surface area (Å²) in [6.07, 6.45) is 0. The molecule has 1 fully saturated rings. The number of piperazine rings is 1. The second-order valence-corrected chi connectivity index (χ2v) is 6.87. The number of nitrogens with one attached hydrogen (secondary N) is 1. The van der Waals surface area contributed by atoms with E-state index in [0.29, 0.717) is 8.95 Å². The second kappa shape index (κ2) is 9.90. The number of aromatic hydroxyl groups is 1. The van der Waals surface area contributed by atoms with Crippen molar-refractivity contribution in [3.05, 3.63) is 25.0 Å². The van der Waals surface area contributed by atoms with E-state index in [1.54, 1.807) is 6.07 Å². The minimum Gasteiger partial charge on any atom is -0.506 e. The van der Waals surface area contributed by atoms with Crippen molar-refractivity contribution >= 4 is 72.6 Å². The molecule has 21 heavy (non-hydrogen) atoms. The second-order valence-electron chi connectivity index (χ2n) is 4.37. The smallest absolute Gasteiger partial charge is 0.144 e. The lowest BCUT2D eigenvalue weighted by molar-refractivity contribution is 0.146. The Morgan fingerprint density at radius 2 is 1.76 bits per heavy atom. The van der Waals surface area contributed by atoms with E-state index < -0.39 is 6.67 Å². The van der Waals surface area contributed by atoms with Gasteiger partial charge in [0.15, 0.2) is 0 Å². The van der Waals surface area contributed by atoms with E-state index in [-0.39, 0.29) is 36.6 Å². The molecule has 2 N–H and O–H groups in total. The van der Waals surface area contributed by atoms with Crippen LogP contribution in [0.2, 0.25) is 0 Å². The third-order valence-corrected chi connectivity index (χ3v) is 5.32. The molecule has 1 aromatic rings. The van der Waals surface area contributed by atoms with E-state index in [4.69, 9.17) is 0 Å². The first-order chi connectivity index (χ1) is 9.06. The highest BCUT2D eigenvalue weighted by molar-refractivity contribution is 9.11. The summed E-state index contributed by atoms with van der Waals surface area (Å²) in [6, 6.07) is 1.39. The molecule has 0 aliphatic carbocycles. The molecule has 1 aliphatic rings. The number of benzene rings is 1. The van der Waals surface area contributed by atoms with Gasteiger partial charge in [-0.05, 0) is 37.9 Å². The summed E-state index contributed by atoms with van der Waals surface area (Å²) in [5.41, 5.74) is 0.755. The van der Waals surface area contributed by atoms with Gasteiger partial charge in [-0.2, -0.15) is 0 Å². The summed E-state index contributed by atoms with van der Waals surface area (Å²) in [5, 5.41) is 13.2. The van der Waals surface area contributed by atoms with Crippen LogP contribution in [0.1, 0.15) is 11.6 Å². The van der Waals surface area contributed by atoms with E-state index in [9.17, 15) is 9.50 Å². The maximum atomic E-state index is 13.5.